The number of hydrogen-bond acceptors (Lipinski definition) is 3. The number of thioether (sulfide) groups is 1. The number of halogens is 2. The molecule has 1 saturated heterocycles. The molecule has 0 bridgehead atoms. The molecule has 1 aromatic carbocycles. The molecule has 1 amide bonds. The second-order valence-electron chi connectivity index (χ2n) is 4.79. The SMILES string of the molecule is Cc1ccc(CNC(=O)CC2CSCCN2)cc1F.Cl. The number of rotatable bonds is 4. The lowest BCUT2D eigenvalue weighted by Gasteiger charge is -2.22. The quantitative estimate of drug-likeness (QED) is 0.895. The lowest BCUT2D eigenvalue weighted by molar-refractivity contribution is -0.121. The number of benzene rings is 1. The van der Waals surface area contributed by atoms with E-state index in [9.17, 15) is 9.18 Å². The topological polar surface area (TPSA) is 41.1 Å². The van der Waals surface area contributed by atoms with E-state index in [-0.39, 0.29) is 30.2 Å². The maximum Gasteiger partial charge on any atom is 0.221 e. The molecule has 0 spiro atoms. The number of amides is 1. The Kier molecular flexibility index (Phi) is 7.34. The average Bonchev–Trinajstić information content (AvgIpc) is 2.41. The number of hydrogen-bond donors (Lipinski definition) is 2. The van der Waals surface area contributed by atoms with Crippen molar-refractivity contribution in [3.63, 3.8) is 0 Å². The highest BCUT2D eigenvalue weighted by molar-refractivity contribution is 7.99. The van der Waals surface area contributed by atoms with E-state index in [2.05, 4.69) is 10.6 Å². The van der Waals surface area contributed by atoms with E-state index in [1.807, 2.05) is 17.8 Å². The van der Waals surface area contributed by atoms with Gasteiger partial charge in [-0.15, -0.1) is 12.4 Å². The Morgan fingerprint density at radius 3 is 3.00 bits per heavy atom. The Morgan fingerprint density at radius 2 is 2.35 bits per heavy atom. The summed E-state index contributed by atoms with van der Waals surface area (Å²) >= 11 is 1.87. The standard InChI is InChI=1S/C14H19FN2OS.ClH/c1-10-2-3-11(6-13(10)15)8-17-14(18)7-12-9-19-5-4-16-12;/h2-3,6,12,16H,4-5,7-9H2,1H3,(H,17,18);1H. The Morgan fingerprint density at radius 1 is 1.55 bits per heavy atom. The summed E-state index contributed by atoms with van der Waals surface area (Å²) in [7, 11) is 0. The van der Waals surface area contributed by atoms with E-state index in [1.54, 1.807) is 13.0 Å². The summed E-state index contributed by atoms with van der Waals surface area (Å²) in [5, 5.41) is 6.16. The first kappa shape index (κ1) is 17.3. The summed E-state index contributed by atoms with van der Waals surface area (Å²) in [6, 6.07) is 5.31. The third-order valence-corrected chi connectivity index (χ3v) is 4.29. The maximum atomic E-state index is 13.4. The van der Waals surface area contributed by atoms with Gasteiger partial charge in [-0.2, -0.15) is 11.8 Å². The van der Waals surface area contributed by atoms with Gasteiger partial charge in [0.05, 0.1) is 0 Å². The first-order valence-electron chi connectivity index (χ1n) is 6.48. The minimum atomic E-state index is -0.225. The van der Waals surface area contributed by atoms with Crippen LogP contribution in [-0.4, -0.2) is 30.0 Å². The zero-order valence-corrected chi connectivity index (χ0v) is 13.1. The third-order valence-electron chi connectivity index (χ3n) is 3.16. The van der Waals surface area contributed by atoms with Gasteiger partial charge < -0.3 is 10.6 Å². The summed E-state index contributed by atoms with van der Waals surface area (Å²) in [5.41, 5.74) is 1.42. The largest absolute Gasteiger partial charge is 0.352 e. The summed E-state index contributed by atoms with van der Waals surface area (Å²) < 4.78 is 13.4. The van der Waals surface area contributed by atoms with E-state index in [0.29, 0.717) is 18.5 Å². The van der Waals surface area contributed by atoms with Gasteiger partial charge >= 0.3 is 0 Å². The molecule has 2 rings (SSSR count). The summed E-state index contributed by atoms with van der Waals surface area (Å²) in [4.78, 5) is 11.8. The number of nitrogens with one attached hydrogen (secondary N) is 2. The minimum Gasteiger partial charge on any atom is -0.352 e. The van der Waals surface area contributed by atoms with Gasteiger partial charge in [-0.3, -0.25) is 4.79 Å². The molecule has 0 saturated carbocycles. The van der Waals surface area contributed by atoms with Crippen molar-refractivity contribution in [2.75, 3.05) is 18.1 Å². The van der Waals surface area contributed by atoms with Crippen LogP contribution in [-0.2, 0) is 11.3 Å². The highest BCUT2D eigenvalue weighted by Gasteiger charge is 2.16. The molecule has 0 aliphatic carbocycles. The molecule has 1 fully saturated rings. The molecule has 0 aromatic heterocycles. The van der Waals surface area contributed by atoms with Crippen molar-refractivity contribution >= 4 is 30.1 Å². The second kappa shape index (κ2) is 8.49. The third kappa shape index (κ3) is 5.31. The number of carbonyl (C=O) groups is 1. The monoisotopic (exact) mass is 318 g/mol. The van der Waals surface area contributed by atoms with E-state index in [1.165, 1.54) is 6.07 Å². The predicted molar refractivity (Wildman–Crippen MR) is 84.0 cm³/mol. The van der Waals surface area contributed by atoms with E-state index in [0.717, 1.165) is 23.6 Å². The first-order valence-corrected chi connectivity index (χ1v) is 7.63. The fourth-order valence-electron chi connectivity index (χ4n) is 1.99. The van der Waals surface area contributed by atoms with Crippen LogP contribution in [0, 0.1) is 12.7 Å². The van der Waals surface area contributed by atoms with Crippen molar-refractivity contribution in [3.8, 4) is 0 Å². The maximum absolute atomic E-state index is 13.4. The van der Waals surface area contributed by atoms with Crippen molar-refractivity contribution in [1.29, 1.82) is 0 Å². The Bertz CT molecular complexity index is 453. The fourth-order valence-corrected chi connectivity index (χ4v) is 2.94. The number of carbonyl (C=O) groups excluding carboxylic acids is 1. The van der Waals surface area contributed by atoms with E-state index >= 15 is 0 Å². The zero-order chi connectivity index (χ0) is 13.7. The number of aryl methyl sites for hydroxylation is 1. The smallest absolute Gasteiger partial charge is 0.221 e. The van der Waals surface area contributed by atoms with Crippen molar-refractivity contribution in [3.05, 3.63) is 35.1 Å². The molecule has 1 unspecified atom stereocenters. The molecular weight excluding hydrogens is 299 g/mol. The van der Waals surface area contributed by atoms with Gasteiger partial charge in [0.25, 0.3) is 0 Å². The van der Waals surface area contributed by atoms with Crippen LogP contribution in [0.1, 0.15) is 17.5 Å². The van der Waals surface area contributed by atoms with Crippen LogP contribution in [0.5, 0.6) is 0 Å². The molecule has 6 heteroatoms. The Hall–Kier alpha value is -0.780. The fraction of sp³-hybridized carbons (Fsp3) is 0.500. The van der Waals surface area contributed by atoms with Crippen molar-refractivity contribution < 1.29 is 9.18 Å². The minimum absolute atomic E-state index is 0. The molecule has 1 aromatic rings. The van der Waals surface area contributed by atoms with Gasteiger partial charge in [0.2, 0.25) is 5.91 Å². The van der Waals surface area contributed by atoms with Gasteiger partial charge in [0.1, 0.15) is 5.82 Å². The molecule has 1 atom stereocenters. The van der Waals surface area contributed by atoms with Crippen LogP contribution >= 0.6 is 24.2 Å². The molecule has 1 aliphatic rings. The molecule has 20 heavy (non-hydrogen) atoms. The highest BCUT2D eigenvalue weighted by atomic mass is 35.5. The Balaban J connectivity index is 0.00000200. The van der Waals surface area contributed by atoms with Crippen molar-refractivity contribution in [1.82, 2.24) is 10.6 Å². The second-order valence-corrected chi connectivity index (χ2v) is 5.94. The van der Waals surface area contributed by atoms with Gasteiger partial charge in [-0.1, -0.05) is 12.1 Å². The lowest BCUT2D eigenvalue weighted by Crippen LogP contribution is -2.41. The van der Waals surface area contributed by atoms with Crippen LogP contribution < -0.4 is 10.6 Å². The van der Waals surface area contributed by atoms with Gasteiger partial charge in [-0.05, 0) is 24.1 Å². The average molecular weight is 319 g/mol. The van der Waals surface area contributed by atoms with Gasteiger partial charge in [0, 0.05) is 37.1 Å². The van der Waals surface area contributed by atoms with Crippen molar-refractivity contribution in [2.24, 2.45) is 0 Å². The van der Waals surface area contributed by atoms with Gasteiger partial charge in [0.15, 0.2) is 0 Å². The van der Waals surface area contributed by atoms with Crippen LogP contribution in [0.15, 0.2) is 18.2 Å². The molecule has 1 aliphatic heterocycles. The molecule has 112 valence electrons. The summed E-state index contributed by atoms with van der Waals surface area (Å²) in [5.74, 6) is 1.88. The van der Waals surface area contributed by atoms with Crippen LogP contribution in [0.25, 0.3) is 0 Å². The predicted octanol–water partition coefficient (Wildman–Crippen LogP) is 2.27. The summed E-state index contributed by atoms with van der Waals surface area (Å²) in [6.07, 6.45) is 0.487. The normalized spacial score (nSPS) is 18.2. The first-order chi connectivity index (χ1) is 9.15. The molecule has 2 N–H and O–H groups in total. The van der Waals surface area contributed by atoms with E-state index in [4.69, 9.17) is 0 Å². The van der Waals surface area contributed by atoms with E-state index < -0.39 is 0 Å². The lowest BCUT2D eigenvalue weighted by atomic mass is 10.1. The van der Waals surface area contributed by atoms with Crippen LogP contribution in [0.3, 0.4) is 0 Å². The molecule has 1 heterocycles. The van der Waals surface area contributed by atoms with Crippen LogP contribution in [0.4, 0.5) is 4.39 Å². The van der Waals surface area contributed by atoms with Crippen molar-refractivity contribution in [2.45, 2.75) is 25.9 Å². The highest BCUT2D eigenvalue weighted by Crippen LogP contribution is 2.11. The van der Waals surface area contributed by atoms with Crippen LogP contribution in [0.2, 0.25) is 0 Å². The molecule has 0 radical (unpaired) electrons. The molecular formula is C14H20ClFN2OS. The molecule has 3 nitrogen and oxygen atoms in total. The Labute approximate surface area is 129 Å². The summed E-state index contributed by atoms with van der Waals surface area (Å²) in [6.45, 7) is 3.08. The van der Waals surface area contributed by atoms with Gasteiger partial charge in [-0.25, -0.2) is 4.39 Å². The zero-order valence-electron chi connectivity index (χ0n) is 11.4.